The molecule has 1 atom stereocenters. The first kappa shape index (κ1) is 18.5. The lowest BCUT2D eigenvalue weighted by Gasteiger charge is -2.34. The number of guanidine groups is 1. The van der Waals surface area contributed by atoms with Crippen molar-refractivity contribution in [2.24, 2.45) is 4.99 Å². The minimum absolute atomic E-state index is 0.153. The van der Waals surface area contributed by atoms with Gasteiger partial charge in [0, 0.05) is 43.6 Å². The van der Waals surface area contributed by atoms with Crippen LogP contribution in [0, 0.1) is 0 Å². The van der Waals surface area contributed by atoms with Gasteiger partial charge in [-0.25, -0.2) is 0 Å². The van der Waals surface area contributed by atoms with Gasteiger partial charge in [0.25, 0.3) is 0 Å². The summed E-state index contributed by atoms with van der Waals surface area (Å²) < 4.78 is 36.2. The van der Waals surface area contributed by atoms with Gasteiger partial charge in [0.05, 0.1) is 0 Å². The molecular weight excluding hydrogens is 299 g/mol. The van der Waals surface area contributed by atoms with Crippen LogP contribution in [-0.2, 0) is 0 Å². The van der Waals surface area contributed by atoms with Crippen LogP contribution in [0.15, 0.2) is 4.99 Å². The molecule has 124 valence electrons. The second-order valence-electron chi connectivity index (χ2n) is 5.16. The summed E-state index contributed by atoms with van der Waals surface area (Å²) in [5.74, 6) is 1.93. The first-order valence-corrected chi connectivity index (χ1v) is 8.72. The van der Waals surface area contributed by atoms with Gasteiger partial charge in [0.1, 0.15) is 0 Å². The van der Waals surface area contributed by atoms with E-state index in [9.17, 15) is 13.2 Å². The highest BCUT2D eigenvalue weighted by Crippen LogP contribution is 2.22. The van der Waals surface area contributed by atoms with E-state index in [1.54, 1.807) is 0 Å². The third-order valence-corrected chi connectivity index (χ3v) is 4.73. The molecule has 1 fully saturated rings. The Kier molecular flexibility index (Phi) is 8.29. The lowest BCUT2D eigenvalue weighted by atomic mass is 10.2. The van der Waals surface area contributed by atoms with Crippen molar-refractivity contribution in [1.82, 2.24) is 10.2 Å². The molecule has 0 amide bonds. The number of alkyl halides is 3. The van der Waals surface area contributed by atoms with Crippen LogP contribution < -0.4 is 5.32 Å². The molecule has 0 spiro atoms. The lowest BCUT2D eigenvalue weighted by molar-refractivity contribution is -0.135. The van der Waals surface area contributed by atoms with Crippen LogP contribution in [0.3, 0.4) is 0 Å². The Balaban J connectivity index is 2.42. The van der Waals surface area contributed by atoms with E-state index in [-0.39, 0.29) is 6.42 Å². The molecule has 0 aromatic carbocycles. The predicted octanol–water partition coefficient (Wildman–Crippen LogP) is 3.51. The molecule has 21 heavy (non-hydrogen) atoms. The zero-order valence-electron chi connectivity index (χ0n) is 12.9. The van der Waals surface area contributed by atoms with Crippen LogP contribution in [-0.4, -0.2) is 54.2 Å². The number of unbranched alkanes of at least 4 members (excludes halogenated alkanes) is 1. The summed E-state index contributed by atoms with van der Waals surface area (Å²) in [6.07, 6.45) is -3.00. The van der Waals surface area contributed by atoms with E-state index < -0.39 is 12.6 Å². The molecule has 1 unspecified atom stereocenters. The fraction of sp³-hybridized carbons (Fsp3) is 0.929. The molecule has 7 heteroatoms. The molecule has 1 aliphatic rings. The summed E-state index contributed by atoms with van der Waals surface area (Å²) in [5, 5.41) is 3.87. The van der Waals surface area contributed by atoms with Gasteiger partial charge in [0.15, 0.2) is 5.96 Å². The maximum absolute atomic E-state index is 12.1. The van der Waals surface area contributed by atoms with Gasteiger partial charge in [-0.15, -0.1) is 0 Å². The van der Waals surface area contributed by atoms with Crippen molar-refractivity contribution in [3.8, 4) is 0 Å². The number of rotatable bonds is 6. The van der Waals surface area contributed by atoms with Crippen molar-refractivity contribution in [2.75, 3.05) is 31.9 Å². The van der Waals surface area contributed by atoms with Gasteiger partial charge < -0.3 is 10.2 Å². The van der Waals surface area contributed by atoms with E-state index in [1.807, 2.05) is 18.7 Å². The molecule has 0 saturated carbocycles. The van der Waals surface area contributed by atoms with E-state index in [0.29, 0.717) is 18.2 Å². The summed E-state index contributed by atoms with van der Waals surface area (Å²) in [4.78, 5) is 6.71. The third-order valence-electron chi connectivity index (χ3n) is 3.36. The Morgan fingerprint density at radius 1 is 1.33 bits per heavy atom. The van der Waals surface area contributed by atoms with Crippen LogP contribution >= 0.6 is 11.8 Å². The van der Waals surface area contributed by atoms with E-state index in [1.165, 1.54) is 0 Å². The normalized spacial score (nSPS) is 20.7. The zero-order valence-corrected chi connectivity index (χ0v) is 13.7. The predicted molar refractivity (Wildman–Crippen MR) is 84.0 cm³/mol. The second-order valence-corrected chi connectivity index (χ2v) is 6.56. The first-order valence-electron chi connectivity index (χ1n) is 7.68. The maximum Gasteiger partial charge on any atom is 0.389 e. The van der Waals surface area contributed by atoms with E-state index in [0.717, 1.165) is 37.8 Å². The summed E-state index contributed by atoms with van der Waals surface area (Å²) in [6.45, 7) is 7.35. The summed E-state index contributed by atoms with van der Waals surface area (Å²) in [5.41, 5.74) is 0. The van der Waals surface area contributed by atoms with Crippen molar-refractivity contribution in [3.05, 3.63) is 0 Å². The number of hydrogen-bond acceptors (Lipinski definition) is 2. The van der Waals surface area contributed by atoms with Gasteiger partial charge in [-0.3, -0.25) is 4.99 Å². The van der Waals surface area contributed by atoms with Gasteiger partial charge in [-0.1, -0.05) is 6.92 Å². The van der Waals surface area contributed by atoms with E-state index in [4.69, 9.17) is 0 Å². The molecule has 0 radical (unpaired) electrons. The van der Waals surface area contributed by atoms with Crippen molar-refractivity contribution in [3.63, 3.8) is 0 Å². The SMILES string of the molecule is CCNC(=NCCCCC(F)(F)F)N1CCSC(CC)C1. The lowest BCUT2D eigenvalue weighted by Crippen LogP contribution is -2.48. The Hall–Kier alpha value is -0.590. The molecule has 1 saturated heterocycles. The molecule has 0 aromatic rings. The van der Waals surface area contributed by atoms with E-state index >= 15 is 0 Å². The van der Waals surface area contributed by atoms with Crippen LogP contribution in [0.4, 0.5) is 13.2 Å². The minimum atomic E-state index is -4.05. The monoisotopic (exact) mass is 325 g/mol. The van der Waals surface area contributed by atoms with Crippen molar-refractivity contribution >= 4 is 17.7 Å². The third kappa shape index (κ3) is 7.83. The number of thioether (sulfide) groups is 1. The molecule has 0 aliphatic carbocycles. The molecular formula is C14H26F3N3S. The fourth-order valence-corrected chi connectivity index (χ4v) is 3.39. The topological polar surface area (TPSA) is 27.6 Å². The van der Waals surface area contributed by atoms with Gasteiger partial charge in [-0.2, -0.15) is 24.9 Å². The maximum atomic E-state index is 12.1. The molecule has 0 aromatic heterocycles. The number of aliphatic imine (C=N–C) groups is 1. The Bertz CT molecular complexity index is 321. The minimum Gasteiger partial charge on any atom is -0.357 e. The van der Waals surface area contributed by atoms with Crippen LogP contribution in [0.25, 0.3) is 0 Å². The van der Waals surface area contributed by atoms with Crippen LogP contribution in [0.5, 0.6) is 0 Å². The average Bonchev–Trinajstić information content (AvgIpc) is 2.44. The number of nitrogens with zero attached hydrogens (tertiary/aromatic N) is 2. The van der Waals surface area contributed by atoms with E-state index in [2.05, 4.69) is 22.1 Å². The van der Waals surface area contributed by atoms with Gasteiger partial charge in [0.2, 0.25) is 0 Å². The average molecular weight is 325 g/mol. The smallest absolute Gasteiger partial charge is 0.357 e. The van der Waals surface area contributed by atoms with Crippen molar-refractivity contribution < 1.29 is 13.2 Å². The molecule has 1 heterocycles. The quantitative estimate of drug-likeness (QED) is 0.460. The highest BCUT2D eigenvalue weighted by molar-refractivity contribution is 8.00. The first-order chi connectivity index (χ1) is 9.96. The molecule has 3 nitrogen and oxygen atoms in total. The van der Waals surface area contributed by atoms with Crippen LogP contribution in [0.1, 0.15) is 39.5 Å². The van der Waals surface area contributed by atoms with Crippen molar-refractivity contribution in [1.29, 1.82) is 0 Å². The summed E-state index contributed by atoms with van der Waals surface area (Å²) in [6, 6.07) is 0. The summed E-state index contributed by atoms with van der Waals surface area (Å²) in [7, 11) is 0. The molecule has 1 aliphatic heterocycles. The molecule has 1 rings (SSSR count). The highest BCUT2D eigenvalue weighted by atomic mass is 32.2. The zero-order chi connectivity index (χ0) is 15.7. The fourth-order valence-electron chi connectivity index (χ4n) is 2.21. The Morgan fingerprint density at radius 3 is 2.71 bits per heavy atom. The Labute approximate surface area is 129 Å². The standard InChI is InChI=1S/C14H26F3N3S/c1-3-12-11-20(9-10-21-12)13(18-4-2)19-8-6-5-7-14(15,16)17/h12H,3-11H2,1-2H3,(H,18,19). The number of nitrogens with one attached hydrogen (secondary N) is 1. The molecule has 0 bridgehead atoms. The summed E-state index contributed by atoms with van der Waals surface area (Å²) >= 11 is 1.99. The van der Waals surface area contributed by atoms with Gasteiger partial charge >= 0.3 is 6.18 Å². The Morgan fingerprint density at radius 2 is 2.10 bits per heavy atom. The molecule has 1 N–H and O–H groups in total. The van der Waals surface area contributed by atoms with Crippen LogP contribution in [0.2, 0.25) is 0 Å². The largest absolute Gasteiger partial charge is 0.389 e. The number of halogens is 3. The second kappa shape index (κ2) is 9.43. The van der Waals surface area contributed by atoms with Crippen molar-refractivity contribution in [2.45, 2.75) is 51.0 Å². The highest BCUT2D eigenvalue weighted by Gasteiger charge is 2.26. The van der Waals surface area contributed by atoms with Gasteiger partial charge in [-0.05, 0) is 26.2 Å². The number of hydrogen-bond donors (Lipinski definition) is 1.